The van der Waals surface area contributed by atoms with Gasteiger partial charge >= 0.3 is 0 Å². The van der Waals surface area contributed by atoms with E-state index in [1.165, 1.54) is 11.8 Å². The molecule has 180 valence electrons. The number of ether oxygens (including phenoxy) is 2. The fraction of sp³-hybridized carbons (Fsp3) is 0.222. The second kappa shape index (κ2) is 11.1. The predicted octanol–water partition coefficient (Wildman–Crippen LogP) is 5.76. The molecule has 4 rings (SSSR count). The monoisotopic (exact) mass is 488 g/mol. The maximum atomic E-state index is 12.7. The molecule has 1 amide bonds. The summed E-state index contributed by atoms with van der Waals surface area (Å²) in [5, 5.41) is 12.4. The van der Waals surface area contributed by atoms with Gasteiger partial charge in [0.25, 0.3) is 0 Å². The van der Waals surface area contributed by atoms with Crippen molar-refractivity contribution in [1.82, 2.24) is 14.8 Å². The van der Waals surface area contributed by atoms with Crippen LogP contribution >= 0.6 is 11.8 Å². The first-order valence-corrected chi connectivity index (χ1v) is 12.2. The number of carbonyl (C=O) groups is 1. The van der Waals surface area contributed by atoms with Crippen LogP contribution in [-0.4, -0.2) is 33.5 Å². The summed E-state index contributed by atoms with van der Waals surface area (Å²) in [6, 6.07) is 23.2. The first-order chi connectivity index (χ1) is 16.9. The quantitative estimate of drug-likeness (QED) is 0.302. The summed E-state index contributed by atoms with van der Waals surface area (Å²) in [4.78, 5) is 12.7. The van der Waals surface area contributed by atoms with Crippen molar-refractivity contribution in [2.75, 3.05) is 18.2 Å². The average molecular weight is 489 g/mol. The highest BCUT2D eigenvalue weighted by molar-refractivity contribution is 7.99. The first kappa shape index (κ1) is 24.3. The zero-order valence-corrected chi connectivity index (χ0v) is 21.0. The number of thioether (sulfide) groups is 1. The van der Waals surface area contributed by atoms with Gasteiger partial charge in [-0.3, -0.25) is 9.36 Å². The molecule has 1 heterocycles. The lowest BCUT2D eigenvalue weighted by Crippen LogP contribution is -2.16. The third-order valence-corrected chi connectivity index (χ3v) is 6.32. The zero-order chi connectivity index (χ0) is 24.8. The van der Waals surface area contributed by atoms with E-state index in [2.05, 4.69) is 15.5 Å². The molecule has 0 aliphatic rings. The fourth-order valence-corrected chi connectivity index (χ4v) is 4.33. The Bertz CT molecular complexity index is 1310. The number of nitrogens with zero attached hydrogens (tertiary/aromatic N) is 3. The molecule has 0 aliphatic heterocycles. The van der Waals surface area contributed by atoms with Crippen LogP contribution in [0.1, 0.15) is 30.0 Å². The Morgan fingerprint density at radius 3 is 2.54 bits per heavy atom. The standard InChI is InChI=1S/C27H28N4O3S/c1-18-13-14-19(2)24(15-18)28-25(32)17-35-27-30-29-26(31(27)21-9-6-5-7-10-21)20(3)34-23-12-8-11-22(16-23)33-4/h5-16,20H,17H2,1-4H3,(H,28,32). The smallest absolute Gasteiger partial charge is 0.234 e. The molecule has 0 spiro atoms. The summed E-state index contributed by atoms with van der Waals surface area (Å²) in [5.74, 6) is 2.11. The minimum absolute atomic E-state index is 0.103. The number of aromatic nitrogens is 3. The van der Waals surface area contributed by atoms with E-state index in [1.807, 2.05) is 98.1 Å². The number of hydrogen-bond acceptors (Lipinski definition) is 6. The molecule has 0 saturated heterocycles. The maximum Gasteiger partial charge on any atom is 0.234 e. The molecule has 0 bridgehead atoms. The van der Waals surface area contributed by atoms with E-state index in [0.29, 0.717) is 22.5 Å². The van der Waals surface area contributed by atoms with Crippen molar-refractivity contribution in [3.8, 4) is 17.2 Å². The molecular formula is C27H28N4O3S. The number of methoxy groups -OCH3 is 1. The van der Waals surface area contributed by atoms with Gasteiger partial charge in [-0.25, -0.2) is 0 Å². The summed E-state index contributed by atoms with van der Waals surface area (Å²) in [5.41, 5.74) is 3.83. The lowest BCUT2D eigenvalue weighted by atomic mass is 10.1. The molecular weight excluding hydrogens is 460 g/mol. The van der Waals surface area contributed by atoms with Gasteiger partial charge in [-0.05, 0) is 62.2 Å². The van der Waals surface area contributed by atoms with Crippen LogP contribution < -0.4 is 14.8 Å². The SMILES string of the molecule is COc1cccc(OC(C)c2nnc(SCC(=O)Nc3cc(C)ccc3C)n2-c2ccccc2)c1. The number of para-hydroxylation sites is 1. The molecule has 4 aromatic rings. The summed E-state index contributed by atoms with van der Waals surface area (Å²) in [6.07, 6.45) is -0.395. The van der Waals surface area contributed by atoms with Crippen LogP contribution in [0.4, 0.5) is 5.69 Å². The minimum Gasteiger partial charge on any atom is -0.497 e. The van der Waals surface area contributed by atoms with E-state index in [9.17, 15) is 4.79 Å². The molecule has 0 saturated carbocycles. The number of aryl methyl sites for hydroxylation is 2. The topological polar surface area (TPSA) is 78.3 Å². The third-order valence-electron chi connectivity index (χ3n) is 5.39. The van der Waals surface area contributed by atoms with Crippen molar-refractivity contribution in [2.24, 2.45) is 0 Å². The van der Waals surface area contributed by atoms with Gasteiger partial charge in [-0.15, -0.1) is 10.2 Å². The Labute approximate surface area is 209 Å². The van der Waals surface area contributed by atoms with E-state index in [4.69, 9.17) is 9.47 Å². The highest BCUT2D eigenvalue weighted by Gasteiger charge is 2.22. The number of rotatable bonds is 9. The number of hydrogen-bond donors (Lipinski definition) is 1. The lowest BCUT2D eigenvalue weighted by molar-refractivity contribution is -0.113. The van der Waals surface area contributed by atoms with Crippen molar-refractivity contribution in [3.63, 3.8) is 0 Å². The largest absolute Gasteiger partial charge is 0.497 e. The van der Waals surface area contributed by atoms with E-state index < -0.39 is 6.10 Å². The molecule has 35 heavy (non-hydrogen) atoms. The minimum atomic E-state index is -0.395. The summed E-state index contributed by atoms with van der Waals surface area (Å²) < 4.78 is 13.4. The van der Waals surface area contributed by atoms with E-state index in [0.717, 1.165) is 22.5 Å². The Kier molecular flexibility index (Phi) is 7.72. The molecule has 1 aromatic heterocycles. The van der Waals surface area contributed by atoms with Crippen LogP contribution in [-0.2, 0) is 4.79 Å². The maximum absolute atomic E-state index is 12.7. The van der Waals surface area contributed by atoms with Crippen molar-refractivity contribution >= 4 is 23.4 Å². The molecule has 8 heteroatoms. The van der Waals surface area contributed by atoms with Crippen LogP contribution in [0.15, 0.2) is 78.0 Å². The van der Waals surface area contributed by atoms with Crippen molar-refractivity contribution in [3.05, 3.63) is 89.7 Å². The molecule has 3 aromatic carbocycles. The highest BCUT2D eigenvalue weighted by Crippen LogP contribution is 2.29. The van der Waals surface area contributed by atoms with Crippen LogP contribution in [0.3, 0.4) is 0 Å². The molecule has 1 unspecified atom stereocenters. The predicted molar refractivity (Wildman–Crippen MR) is 139 cm³/mol. The molecule has 1 N–H and O–H groups in total. The normalized spacial score (nSPS) is 11.7. The lowest BCUT2D eigenvalue weighted by Gasteiger charge is -2.17. The molecule has 0 radical (unpaired) electrons. The van der Waals surface area contributed by atoms with E-state index in [1.54, 1.807) is 7.11 Å². The van der Waals surface area contributed by atoms with Gasteiger partial charge in [-0.1, -0.05) is 48.2 Å². The molecule has 0 aliphatic carbocycles. The highest BCUT2D eigenvalue weighted by atomic mass is 32.2. The summed E-state index contributed by atoms with van der Waals surface area (Å²) >= 11 is 1.33. The Hall–Kier alpha value is -3.78. The Morgan fingerprint density at radius 1 is 1.00 bits per heavy atom. The van der Waals surface area contributed by atoms with Crippen LogP contribution in [0.5, 0.6) is 11.5 Å². The van der Waals surface area contributed by atoms with Crippen molar-refractivity contribution in [2.45, 2.75) is 32.0 Å². The zero-order valence-electron chi connectivity index (χ0n) is 20.2. The third kappa shape index (κ3) is 6.02. The number of amides is 1. The van der Waals surface area contributed by atoms with Gasteiger partial charge < -0.3 is 14.8 Å². The van der Waals surface area contributed by atoms with Crippen LogP contribution in [0.25, 0.3) is 5.69 Å². The van der Waals surface area contributed by atoms with E-state index >= 15 is 0 Å². The van der Waals surface area contributed by atoms with Crippen molar-refractivity contribution in [1.29, 1.82) is 0 Å². The van der Waals surface area contributed by atoms with Crippen LogP contribution in [0, 0.1) is 13.8 Å². The molecule has 1 atom stereocenters. The van der Waals surface area contributed by atoms with Gasteiger partial charge in [0.1, 0.15) is 11.5 Å². The fourth-order valence-electron chi connectivity index (χ4n) is 3.58. The summed E-state index contributed by atoms with van der Waals surface area (Å²) in [7, 11) is 1.62. The van der Waals surface area contributed by atoms with E-state index in [-0.39, 0.29) is 11.7 Å². The second-order valence-electron chi connectivity index (χ2n) is 8.11. The van der Waals surface area contributed by atoms with Crippen LogP contribution in [0.2, 0.25) is 0 Å². The first-order valence-electron chi connectivity index (χ1n) is 11.3. The second-order valence-corrected chi connectivity index (χ2v) is 9.05. The molecule has 7 nitrogen and oxygen atoms in total. The Balaban J connectivity index is 1.54. The number of benzene rings is 3. The van der Waals surface area contributed by atoms with Gasteiger partial charge in [0.2, 0.25) is 5.91 Å². The van der Waals surface area contributed by atoms with Gasteiger partial charge in [0, 0.05) is 17.4 Å². The summed E-state index contributed by atoms with van der Waals surface area (Å²) in [6.45, 7) is 5.90. The number of anilines is 1. The van der Waals surface area contributed by atoms with Gasteiger partial charge in [0.05, 0.1) is 12.9 Å². The Morgan fingerprint density at radius 2 is 1.77 bits per heavy atom. The number of carbonyl (C=O) groups excluding carboxylic acids is 1. The molecule has 0 fully saturated rings. The van der Waals surface area contributed by atoms with Gasteiger partial charge in [-0.2, -0.15) is 0 Å². The number of nitrogens with one attached hydrogen (secondary N) is 1. The van der Waals surface area contributed by atoms with Crippen molar-refractivity contribution < 1.29 is 14.3 Å². The average Bonchev–Trinajstić information content (AvgIpc) is 3.30. The van der Waals surface area contributed by atoms with Gasteiger partial charge in [0.15, 0.2) is 17.1 Å².